The Bertz CT molecular complexity index is 1100. The zero-order chi connectivity index (χ0) is 23.4. The smallest absolute Gasteiger partial charge is 0.338 e. The van der Waals surface area contributed by atoms with Gasteiger partial charge in [0.1, 0.15) is 16.5 Å². The lowest BCUT2D eigenvalue weighted by atomic mass is 10.2. The topological polar surface area (TPSA) is 84.9 Å². The SMILES string of the molecule is CCCCOC(=O)c1ccc(N2C(=O)C(Cl)=C(Nc3cc(C)c(Cl)cc3OC)C2=O)cc1. The molecule has 0 unspecified atom stereocenters. The van der Waals surface area contributed by atoms with Crippen LogP contribution >= 0.6 is 23.2 Å². The molecule has 0 bridgehead atoms. The number of amides is 2. The van der Waals surface area contributed by atoms with Crippen molar-refractivity contribution in [1.29, 1.82) is 0 Å². The maximum absolute atomic E-state index is 13.0. The van der Waals surface area contributed by atoms with E-state index in [1.165, 1.54) is 31.4 Å². The molecule has 0 saturated heterocycles. The van der Waals surface area contributed by atoms with Crippen LogP contribution in [0.5, 0.6) is 5.75 Å². The first-order valence-corrected chi connectivity index (χ1v) is 10.7. The second-order valence-corrected chi connectivity index (χ2v) is 7.88. The molecule has 0 spiro atoms. The van der Waals surface area contributed by atoms with Gasteiger partial charge in [-0.3, -0.25) is 9.59 Å². The highest BCUT2D eigenvalue weighted by Gasteiger charge is 2.39. The molecule has 1 heterocycles. The number of carbonyl (C=O) groups is 3. The summed E-state index contributed by atoms with van der Waals surface area (Å²) in [7, 11) is 1.46. The highest BCUT2D eigenvalue weighted by Crippen LogP contribution is 2.35. The summed E-state index contributed by atoms with van der Waals surface area (Å²) in [5.74, 6) is -1.38. The van der Waals surface area contributed by atoms with Gasteiger partial charge in [0.15, 0.2) is 0 Å². The van der Waals surface area contributed by atoms with Gasteiger partial charge in [-0.25, -0.2) is 9.69 Å². The van der Waals surface area contributed by atoms with E-state index in [4.69, 9.17) is 32.7 Å². The molecular weight excluding hydrogens is 455 g/mol. The summed E-state index contributed by atoms with van der Waals surface area (Å²) < 4.78 is 10.5. The Morgan fingerprint density at radius 2 is 1.78 bits per heavy atom. The van der Waals surface area contributed by atoms with Crippen LogP contribution in [0, 0.1) is 6.92 Å². The predicted molar refractivity (Wildman–Crippen MR) is 123 cm³/mol. The number of nitrogens with one attached hydrogen (secondary N) is 1. The molecule has 1 aliphatic rings. The number of halogens is 2. The molecule has 32 heavy (non-hydrogen) atoms. The van der Waals surface area contributed by atoms with E-state index >= 15 is 0 Å². The monoisotopic (exact) mass is 476 g/mol. The van der Waals surface area contributed by atoms with E-state index in [1.54, 1.807) is 19.1 Å². The van der Waals surface area contributed by atoms with Gasteiger partial charge < -0.3 is 14.8 Å². The standard InChI is InChI=1S/C23H22Cl2N2O5/c1-4-5-10-32-23(30)14-6-8-15(9-7-14)27-21(28)19(25)20(22(27)29)26-17-11-13(2)16(24)12-18(17)31-3/h6-9,11-12,26H,4-5,10H2,1-3H3. The van der Waals surface area contributed by atoms with Gasteiger partial charge >= 0.3 is 5.97 Å². The summed E-state index contributed by atoms with van der Waals surface area (Å²) in [6.07, 6.45) is 1.69. The van der Waals surface area contributed by atoms with Crippen LogP contribution in [0.1, 0.15) is 35.7 Å². The summed E-state index contributed by atoms with van der Waals surface area (Å²) in [5.41, 5.74) is 1.71. The molecule has 2 aromatic rings. The van der Waals surface area contributed by atoms with Gasteiger partial charge in [-0.2, -0.15) is 0 Å². The number of nitrogens with zero attached hydrogens (tertiary/aromatic N) is 1. The molecule has 9 heteroatoms. The van der Waals surface area contributed by atoms with E-state index < -0.39 is 17.8 Å². The van der Waals surface area contributed by atoms with Crippen LogP contribution in [-0.4, -0.2) is 31.5 Å². The zero-order valence-electron chi connectivity index (χ0n) is 17.8. The lowest BCUT2D eigenvalue weighted by Gasteiger charge is -2.16. The third-order valence-electron chi connectivity index (χ3n) is 4.86. The Hall–Kier alpha value is -3.03. The van der Waals surface area contributed by atoms with Gasteiger partial charge in [-0.15, -0.1) is 0 Å². The Labute approximate surface area is 195 Å². The Balaban J connectivity index is 1.81. The molecule has 2 amide bonds. The molecule has 168 valence electrons. The molecule has 0 atom stereocenters. The summed E-state index contributed by atoms with van der Waals surface area (Å²) in [4.78, 5) is 38.7. The van der Waals surface area contributed by atoms with Crippen LogP contribution in [-0.2, 0) is 14.3 Å². The van der Waals surface area contributed by atoms with Crippen LogP contribution in [0.3, 0.4) is 0 Å². The lowest BCUT2D eigenvalue weighted by Crippen LogP contribution is -2.32. The van der Waals surface area contributed by atoms with Crippen molar-refractivity contribution in [3.05, 3.63) is 63.3 Å². The summed E-state index contributed by atoms with van der Waals surface area (Å²) in [6, 6.07) is 9.27. The Morgan fingerprint density at radius 3 is 2.41 bits per heavy atom. The minimum absolute atomic E-state index is 0.0836. The highest BCUT2D eigenvalue weighted by atomic mass is 35.5. The number of anilines is 2. The van der Waals surface area contributed by atoms with E-state index in [1.807, 2.05) is 6.92 Å². The zero-order valence-corrected chi connectivity index (χ0v) is 19.3. The summed E-state index contributed by atoms with van der Waals surface area (Å²) in [6.45, 7) is 4.13. The van der Waals surface area contributed by atoms with Gasteiger partial charge in [-0.05, 0) is 49.2 Å². The third-order valence-corrected chi connectivity index (χ3v) is 5.62. The molecule has 1 aliphatic heterocycles. The largest absolute Gasteiger partial charge is 0.495 e. The van der Waals surface area contributed by atoms with E-state index in [0.29, 0.717) is 28.6 Å². The van der Waals surface area contributed by atoms with Crippen molar-refractivity contribution in [3.63, 3.8) is 0 Å². The average Bonchev–Trinajstić information content (AvgIpc) is 2.99. The Morgan fingerprint density at radius 1 is 1.09 bits per heavy atom. The van der Waals surface area contributed by atoms with Gasteiger partial charge in [0.2, 0.25) is 0 Å². The second kappa shape index (κ2) is 10.1. The van der Waals surface area contributed by atoms with Crippen LogP contribution in [0.2, 0.25) is 5.02 Å². The van der Waals surface area contributed by atoms with Crippen molar-refractivity contribution in [3.8, 4) is 5.75 Å². The van der Waals surface area contributed by atoms with Crippen LogP contribution < -0.4 is 15.0 Å². The van der Waals surface area contributed by atoms with Gasteiger partial charge in [0.05, 0.1) is 30.7 Å². The number of rotatable bonds is 8. The van der Waals surface area contributed by atoms with Crippen LogP contribution in [0.4, 0.5) is 11.4 Å². The quantitative estimate of drug-likeness (QED) is 0.326. The van der Waals surface area contributed by atoms with Crippen molar-refractivity contribution < 1.29 is 23.9 Å². The summed E-state index contributed by atoms with van der Waals surface area (Å²) >= 11 is 12.3. The van der Waals surface area contributed by atoms with Crippen molar-refractivity contribution in [2.24, 2.45) is 0 Å². The second-order valence-electron chi connectivity index (χ2n) is 7.10. The number of carbonyl (C=O) groups excluding carboxylic acids is 3. The number of aryl methyl sites for hydroxylation is 1. The minimum atomic E-state index is -0.679. The molecule has 0 aromatic heterocycles. The fourth-order valence-corrected chi connectivity index (χ4v) is 3.42. The number of methoxy groups -OCH3 is 1. The fraction of sp³-hybridized carbons (Fsp3) is 0.261. The predicted octanol–water partition coefficient (Wildman–Crippen LogP) is 5.05. The average molecular weight is 477 g/mol. The van der Waals surface area contributed by atoms with E-state index in [0.717, 1.165) is 23.3 Å². The maximum Gasteiger partial charge on any atom is 0.338 e. The fourth-order valence-electron chi connectivity index (χ4n) is 3.05. The van der Waals surface area contributed by atoms with Gasteiger partial charge in [0, 0.05) is 11.1 Å². The van der Waals surface area contributed by atoms with Crippen molar-refractivity contribution in [1.82, 2.24) is 0 Å². The number of imide groups is 1. The molecular formula is C23H22Cl2N2O5. The van der Waals surface area contributed by atoms with E-state index in [-0.39, 0.29) is 16.4 Å². The van der Waals surface area contributed by atoms with Crippen molar-refractivity contribution in [2.45, 2.75) is 26.7 Å². The normalized spacial score (nSPS) is 13.6. The molecule has 3 rings (SSSR count). The number of ether oxygens (including phenoxy) is 2. The molecule has 1 N–H and O–H groups in total. The van der Waals surface area contributed by atoms with E-state index in [2.05, 4.69) is 5.32 Å². The first kappa shape index (κ1) is 23.6. The highest BCUT2D eigenvalue weighted by molar-refractivity contribution is 6.53. The molecule has 7 nitrogen and oxygen atoms in total. The van der Waals surface area contributed by atoms with Crippen LogP contribution in [0.15, 0.2) is 47.1 Å². The number of hydrogen-bond acceptors (Lipinski definition) is 6. The first-order chi connectivity index (χ1) is 15.3. The Kier molecular flexibility index (Phi) is 7.43. The molecule has 0 radical (unpaired) electrons. The molecule has 0 saturated carbocycles. The van der Waals surface area contributed by atoms with Crippen molar-refractivity contribution in [2.75, 3.05) is 23.9 Å². The maximum atomic E-state index is 13.0. The minimum Gasteiger partial charge on any atom is -0.495 e. The number of unbranched alkanes of at least 4 members (excludes halogenated alkanes) is 1. The molecule has 0 fully saturated rings. The molecule has 0 aliphatic carbocycles. The molecule has 2 aromatic carbocycles. The van der Waals surface area contributed by atoms with Gasteiger partial charge in [-0.1, -0.05) is 36.5 Å². The number of benzene rings is 2. The first-order valence-electron chi connectivity index (χ1n) is 9.95. The number of esters is 1. The van der Waals surface area contributed by atoms with Crippen LogP contribution in [0.25, 0.3) is 0 Å². The lowest BCUT2D eigenvalue weighted by molar-refractivity contribution is -0.120. The summed E-state index contributed by atoms with van der Waals surface area (Å²) in [5, 5.41) is 3.13. The number of hydrogen-bond donors (Lipinski definition) is 1. The van der Waals surface area contributed by atoms with Crippen molar-refractivity contribution >= 4 is 52.4 Å². The third kappa shape index (κ3) is 4.74. The van der Waals surface area contributed by atoms with Gasteiger partial charge in [0.25, 0.3) is 11.8 Å². The van der Waals surface area contributed by atoms with E-state index in [9.17, 15) is 14.4 Å².